The number of aliphatic hydroxyl groups is 1. The lowest BCUT2D eigenvalue weighted by Crippen LogP contribution is -2.44. The van der Waals surface area contributed by atoms with Gasteiger partial charge in [-0.1, -0.05) is 30.3 Å². The Hall–Kier alpha value is -1.76. The van der Waals surface area contributed by atoms with Gasteiger partial charge in [0.1, 0.15) is 0 Å². The molecule has 4 nitrogen and oxygen atoms in total. The van der Waals surface area contributed by atoms with Gasteiger partial charge in [0.05, 0.1) is 12.5 Å². The van der Waals surface area contributed by atoms with Crippen molar-refractivity contribution in [3.8, 4) is 0 Å². The smallest absolute Gasteiger partial charge is 0.388 e. The molecule has 0 saturated carbocycles. The first-order valence-electron chi connectivity index (χ1n) is 7.71. The summed E-state index contributed by atoms with van der Waals surface area (Å²) in [5.74, 6) is 0. The van der Waals surface area contributed by atoms with E-state index in [1.807, 2.05) is 30.3 Å². The van der Waals surface area contributed by atoms with Crippen LogP contribution in [0.15, 0.2) is 30.3 Å². The van der Waals surface area contributed by atoms with E-state index in [9.17, 15) is 23.1 Å². The van der Waals surface area contributed by atoms with Crippen molar-refractivity contribution < 1.29 is 23.1 Å². The first kappa shape index (κ1) is 17.6. The van der Waals surface area contributed by atoms with Crippen molar-refractivity contribution in [1.82, 2.24) is 10.2 Å². The van der Waals surface area contributed by atoms with Crippen molar-refractivity contribution >= 4 is 6.03 Å². The maximum absolute atomic E-state index is 12.1. The number of alkyl halides is 3. The van der Waals surface area contributed by atoms with E-state index in [-0.39, 0.29) is 6.04 Å². The van der Waals surface area contributed by atoms with Gasteiger partial charge >= 0.3 is 12.2 Å². The second kappa shape index (κ2) is 7.68. The molecule has 1 fully saturated rings. The number of amides is 2. The molecule has 0 aliphatic carbocycles. The summed E-state index contributed by atoms with van der Waals surface area (Å²) in [6.45, 7) is 0.0802. The minimum atomic E-state index is -4.28. The van der Waals surface area contributed by atoms with Gasteiger partial charge in [-0.15, -0.1) is 0 Å². The molecule has 128 valence electrons. The number of urea groups is 1. The molecule has 2 atom stereocenters. The summed E-state index contributed by atoms with van der Waals surface area (Å²) in [5.41, 5.74) is 0.775. The predicted molar refractivity (Wildman–Crippen MR) is 79.8 cm³/mol. The average molecular weight is 330 g/mol. The Kier molecular flexibility index (Phi) is 5.87. The second-order valence-electron chi connectivity index (χ2n) is 5.75. The highest BCUT2D eigenvalue weighted by Crippen LogP contribution is 2.27. The molecule has 2 N–H and O–H groups in total. The molecule has 1 aromatic carbocycles. The van der Waals surface area contributed by atoms with Gasteiger partial charge < -0.3 is 15.3 Å². The Labute approximate surface area is 133 Å². The monoisotopic (exact) mass is 330 g/mol. The second-order valence-corrected chi connectivity index (χ2v) is 5.75. The van der Waals surface area contributed by atoms with Crippen LogP contribution in [0.2, 0.25) is 0 Å². The average Bonchev–Trinajstić information content (AvgIpc) is 2.95. The van der Waals surface area contributed by atoms with Crippen LogP contribution in [0.1, 0.15) is 37.4 Å². The van der Waals surface area contributed by atoms with Crippen LogP contribution >= 0.6 is 0 Å². The van der Waals surface area contributed by atoms with Gasteiger partial charge in [-0.2, -0.15) is 13.2 Å². The summed E-state index contributed by atoms with van der Waals surface area (Å²) in [5, 5.41) is 12.6. The van der Waals surface area contributed by atoms with Crippen LogP contribution in [0.5, 0.6) is 0 Å². The minimum absolute atomic E-state index is 0.156. The molecule has 1 aliphatic heterocycles. The molecule has 0 spiro atoms. The van der Waals surface area contributed by atoms with Crippen LogP contribution in [0.25, 0.3) is 0 Å². The molecule has 0 radical (unpaired) electrons. The normalized spacial score (nSPS) is 19.7. The summed E-state index contributed by atoms with van der Waals surface area (Å²) in [7, 11) is 0. The molecule has 7 heteroatoms. The molecule has 1 saturated heterocycles. The first-order chi connectivity index (χ1) is 10.9. The molecule has 2 amide bonds. The van der Waals surface area contributed by atoms with E-state index in [1.165, 1.54) is 4.90 Å². The predicted octanol–water partition coefficient (Wildman–Crippen LogP) is 3.24. The highest BCUT2D eigenvalue weighted by atomic mass is 19.4. The number of nitrogens with zero attached hydrogens (tertiary/aromatic N) is 1. The molecule has 23 heavy (non-hydrogen) atoms. The van der Waals surface area contributed by atoms with Crippen molar-refractivity contribution in [3.05, 3.63) is 35.9 Å². The molecule has 1 aromatic rings. The third-order valence-corrected chi connectivity index (χ3v) is 4.00. The lowest BCUT2D eigenvalue weighted by Gasteiger charge is -2.27. The van der Waals surface area contributed by atoms with Crippen molar-refractivity contribution in [3.63, 3.8) is 0 Å². The van der Waals surface area contributed by atoms with Crippen LogP contribution < -0.4 is 5.32 Å². The standard InChI is InChI=1S/C16H21F3N2O2/c17-16(18,19)8-9-20-15(23)21-10-4-7-13(21)11-14(22)12-5-2-1-3-6-12/h1-3,5-6,13-14,22H,4,7-11H2,(H,20,23). The number of likely N-dealkylation sites (tertiary alicyclic amines) is 1. The van der Waals surface area contributed by atoms with Crippen molar-refractivity contribution in [1.29, 1.82) is 0 Å². The van der Waals surface area contributed by atoms with Crippen molar-refractivity contribution in [2.75, 3.05) is 13.1 Å². The number of nitrogens with one attached hydrogen (secondary N) is 1. The number of hydrogen-bond donors (Lipinski definition) is 2. The highest BCUT2D eigenvalue weighted by molar-refractivity contribution is 5.74. The van der Waals surface area contributed by atoms with Gasteiger partial charge in [0.15, 0.2) is 0 Å². The number of carbonyl (C=O) groups excluding carboxylic acids is 1. The maximum atomic E-state index is 12.1. The lowest BCUT2D eigenvalue weighted by molar-refractivity contribution is -0.133. The zero-order valence-electron chi connectivity index (χ0n) is 12.7. The number of hydrogen-bond acceptors (Lipinski definition) is 2. The molecule has 2 rings (SSSR count). The van der Waals surface area contributed by atoms with Gasteiger partial charge in [0.2, 0.25) is 0 Å². The van der Waals surface area contributed by atoms with Crippen LogP contribution in [-0.4, -0.2) is 41.3 Å². The number of halogens is 3. The Morgan fingerprint density at radius 1 is 1.35 bits per heavy atom. The summed E-state index contributed by atoms with van der Waals surface area (Å²) in [4.78, 5) is 13.6. The number of rotatable bonds is 5. The first-order valence-corrected chi connectivity index (χ1v) is 7.71. The minimum Gasteiger partial charge on any atom is -0.388 e. The fourth-order valence-corrected chi connectivity index (χ4v) is 2.83. The molecule has 1 aliphatic rings. The van der Waals surface area contributed by atoms with Gasteiger partial charge in [-0.3, -0.25) is 0 Å². The van der Waals surface area contributed by atoms with Crippen LogP contribution in [-0.2, 0) is 0 Å². The maximum Gasteiger partial charge on any atom is 0.390 e. The Morgan fingerprint density at radius 2 is 2.04 bits per heavy atom. The Bertz CT molecular complexity index is 508. The van der Waals surface area contributed by atoms with Crippen molar-refractivity contribution in [2.45, 2.75) is 44.0 Å². The summed E-state index contributed by atoms with van der Waals surface area (Å²) in [6.07, 6.45) is -4.08. The third kappa shape index (κ3) is 5.42. The number of carbonyl (C=O) groups is 1. The topological polar surface area (TPSA) is 52.6 Å². The number of benzene rings is 1. The quantitative estimate of drug-likeness (QED) is 0.871. The van der Waals surface area contributed by atoms with E-state index in [0.29, 0.717) is 13.0 Å². The van der Waals surface area contributed by atoms with Crippen molar-refractivity contribution in [2.24, 2.45) is 0 Å². The zero-order chi connectivity index (χ0) is 16.9. The van der Waals surface area contributed by atoms with Crippen LogP contribution in [0.4, 0.5) is 18.0 Å². The van der Waals surface area contributed by atoms with Gasteiger partial charge in [0, 0.05) is 19.1 Å². The fraction of sp³-hybridized carbons (Fsp3) is 0.562. The highest BCUT2D eigenvalue weighted by Gasteiger charge is 2.32. The lowest BCUT2D eigenvalue weighted by atomic mass is 10.0. The van der Waals surface area contributed by atoms with Crippen LogP contribution in [0.3, 0.4) is 0 Å². The molecule has 2 unspecified atom stereocenters. The molecular formula is C16H21F3N2O2. The molecule has 1 heterocycles. The molecular weight excluding hydrogens is 309 g/mol. The van der Waals surface area contributed by atoms with E-state index in [2.05, 4.69) is 5.32 Å². The van der Waals surface area contributed by atoms with Crippen LogP contribution in [0, 0.1) is 0 Å². The third-order valence-electron chi connectivity index (χ3n) is 4.00. The van der Waals surface area contributed by atoms with Gasteiger partial charge in [-0.05, 0) is 24.8 Å². The van der Waals surface area contributed by atoms with E-state index in [0.717, 1.165) is 18.4 Å². The Morgan fingerprint density at radius 3 is 2.70 bits per heavy atom. The Balaban J connectivity index is 1.86. The van der Waals surface area contributed by atoms with E-state index in [4.69, 9.17) is 0 Å². The summed E-state index contributed by atoms with van der Waals surface area (Å²) >= 11 is 0. The largest absolute Gasteiger partial charge is 0.390 e. The zero-order valence-corrected chi connectivity index (χ0v) is 12.7. The number of aliphatic hydroxyl groups excluding tert-OH is 1. The summed E-state index contributed by atoms with van der Waals surface area (Å²) < 4.78 is 36.4. The molecule has 0 aromatic heterocycles. The van der Waals surface area contributed by atoms with Gasteiger partial charge in [0.25, 0.3) is 0 Å². The SMILES string of the molecule is O=C(NCCC(F)(F)F)N1CCCC1CC(O)c1ccccc1. The van der Waals surface area contributed by atoms with E-state index < -0.39 is 31.3 Å². The van der Waals surface area contributed by atoms with E-state index in [1.54, 1.807) is 0 Å². The summed E-state index contributed by atoms with van der Waals surface area (Å²) in [6, 6.07) is 8.49. The molecule has 0 bridgehead atoms. The van der Waals surface area contributed by atoms with E-state index >= 15 is 0 Å². The van der Waals surface area contributed by atoms with Gasteiger partial charge in [-0.25, -0.2) is 4.79 Å². The fourth-order valence-electron chi connectivity index (χ4n) is 2.83.